The fourth-order valence-electron chi connectivity index (χ4n) is 1.54. The summed E-state index contributed by atoms with van der Waals surface area (Å²) in [5, 5.41) is 3.60. The number of nitrogens with one attached hydrogen (secondary N) is 1. The van der Waals surface area contributed by atoms with Crippen LogP contribution in [0.15, 0.2) is 36.4 Å². The SMILES string of the molecule is C[C@@H](NC(=O)c1ccc(Cl)s1)c1ccc(Cl)cc1. The summed E-state index contributed by atoms with van der Waals surface area (Å²) < 4.78 is 0.610. The molecule has 94 valence electrons. The molecule has 18 heavy (non-hydrogen) atoms. The van der Waals surface area contributed by atoms with Gasteiger partial charge in [0.05, 0.1) is 15.3 Å². The maximum Gasteiger partial charge on any atom is 0.261 e. The highest BCUT2D eigenvalue weighted by Crippen LogP contribution is 2.22. The van der Waals surface area contributed by atoms with Crippen LogP contribution < -0.4 is 5.32 Å². The normalized spacial score (nSPS) is 12.2. The number of hydrogen-bond acceptors (Lipinski definition) is 2. The fraction of sp³-hybridized carbons (Fsp3) is 0.154. The molecule has 2 rings (SSSR count). The minimum absolute atomic E-state index is 0.0735. The molecule has 1 heterocycles. The van der Waals surface area contributed by atoms with E-state index >= 15 is 0 Å². The summed E-state index contributed by atoms with van der Waals surface area (Å²) >= 11 is 12.9. The molecule has 1 N–H and O–H groups in total. The highest BCUT2D eigenvalue weighted by Gasteiger charge is 2.13. The minimum Gasteiger partial charge on any atom is -0.345 e. The van der Waals surface area contributed by atoms with E-state index in [9.17, 15) is 4.79 Å². The third kappa shape index (κ3) is 3.25. The van der Waals surface area contributed by atoms with Crippen molar-refractivity contribution in [2.24, 2.45) is 0 Å². The molecule has 0 aliphatic rings. The van der Waals surface area contributed by atoms with Crippen LogP contribution in [-0.4, -0.2) is 5.91 Å². The first kappa shape index (κ1) is 13.4. The van der Waals surface area contributed by atoms with Crippen molar-refractivity contribution in [3.8, 4) is 0 Å². The topological polar surface area (TPSA) is 29.1 Å². The number of carbonyl (C=O) groups excluding carboxylic acids is 1. The predicted octanol–water partition coefficient (Wildman–Crippen LogP) is 4.55. The van der Waals surface area contributed by atoms with Gasteiger partial charge in [-0.25, -0.2) is 0 Å². The number of carbonyl (C=O) groups is 1. The van der Waals surface area contributed by atoms with Gasteiger partial charge in [0.2, 0.25) is 0 Å². The third-order valence-corrected chi connectivity index (χ3v) is 4.00. The highest BCUT2D eigenvalue weighted by molar-refractivity contribution is 7.17. The van der Waals surface area contributed by atoms with Gasteiger partial charge in [-0.05, 0) is 36.8 Å². The summed E-state index contributed by atoms with van der Waals surface area (Å²) in [5.41, 5.74) is 1.01. The summed E-state index contributed by atoms with van der Waals surface area (Å²) in [5.74, 6) is -0.116. The van der Waals surface area contributed by atoms with E-state index in [0.717, 1.165) is 5.56 Å². The van der Waals surface area contributed by atoms with Crippen LogP contribution in [0, 0.1) is 0 Å². The van der Waals surface area contributed by atoms with E-state index in [2.05, 4.69) is 5.32 Å². The van der Waals surface area contributed by atoms with Crippen molar-refractivity contribution in [2.45, 2.75) is 13.0 Å². The lowest BCUT2D eigenvalue weighted by molar-refractivity contribution is 0.0944. The molecule has 0 radical (unpaired) electrons. The van der Waals surface area contributed by atoms with Crippen LogP contribution in [-0.2, 0) is 0 Å². The first-order valence-corrected chi connectivity index (χ1v) is 6.95. The van der Waals surface area contributed by atoms with Crippen molar-refractivity contribution in [3.63, 3.8) is 0 Å². The largest absolute Gasteiger partial charge is 0.345 e. The average Bonchev–Trinajstić information content (AvgIpc) is 2.76. The Balaban J connectivity index is 2.05. The van der Waals surface area contributed by atoms with Crippen LogP contribution >= 0.6 is 34.5 Å². The molecule has 0 aliphatic carbocycles. The zero-order chi connectivity index (χ0) is 13.1. The van der Waals surface area contributed by atoms with Gasteiger partial charge < -0.3 is 5.32 Å². The molecule has 0 saturated carbocycles. The van der Waals surface area contributed by atoms with Crippen molar-refractivity contribution in [1.82, 2.24) is 5.32 Å². The van der Waals surface area contributed by atoms with Gasteiger partial charge in [0.15, 0.2) is 0 Å². The predicted molar refractivity (Wildman–Crippen MR) is 76.7 cm³/mol. The molecule has 1 atom stereocenters. The molecule has 2 aromatic rings. The van der Waals surface area contributed by atoms with E-state index < -0.39 is 0 Å². The first-order valence-electron chi connectivity index (χ1n) is 5.38. The number of amides is 1. The standard InChI is InChI=1S/C13H11Cl2NOS/c1-8(9-2-4-10(14)5-3-9)16-13(17)11-6-7-12(15)18-11/h2-8H,1H3,(H,16,17)/t8-/m1/s1. The fourth-order valence-corrected chi connectivity index (χ4v) is 2.61. The molecular weight excluding hydrogens is 289 g/mol. The van der Waals surface area contributed by atoms with Gasteiger partial charge in [-0.3, -0.25) is 4.79 Å². The second kappa shape index (κ2) is 5.74. The summed E-state index contributed by atoms with van der Waals surface area (Å²) in [6, 6.07) is 10.8. The average molecular weight is 300 g/mol. The molecule has 1 amide bonds. The maximum absolute atomic E-state index is 11.9. The smallest absolute Gasteiger partial charge is 0.261 e. The molecule has 0 bridgehead atoms. The molecule has 2 nitrogen and oxygen atoms in total. The Hall–Kier alpha value is -1.03. The van der Waals surface area contributed by atoms with E-state index in [1.807, 2.05) is 31.2 Å². The Bertz CT molecular complexity index is 550. The van der Waals surface area contributed by atoms with Crippen LogP contribution in [0.3, 0.4) is 0 Å². The molecule has 0 saturated heterocycles. The lowest BCUT2D eigenvalue weighted by atomic mass is 10.1. The van der Waals surface area contributed by atoms with E-state index in [1.165, 1.54) is 11.3 Å². The number of hydrogen-bond donors (Lipinski definition) is 1. The van der Waals surface area contributed by atoms with Crippen LogP contribution in [0.25, 0.3) is 0 Å². The van der Waals surface area contributed by atoms with Crippen LogP contribution in [0.4, 0.5) is 0 Å². The van der Waals surface area contributed by atoms with Crippen molar-refractivity contribution in [3.05, 3.63) is 56.2 Å². The van der Waals surface area contributed by atoms with Gasteiger partial charge in [-0.2, -0.15) is 0 Å². The van der Waals surface area contributed by atoms with E-state index in [4.69, 9.17) is 23.2 Å². The summed E-state index contributed by atoms with van der Waals surface area (Å²) in [6.45, 7) is 1.93. The zero-order valence-corrected chi connectivity index (χ0v) is 11.9. The van der Waals surface area contributed by atoms with Crippen LogP contribution in [0.1, 0.15) is 28.2 Å². The van der Waals surface area contributed by atoms with Gasteiger partial charge in [-0.15, -0.1) is 11.3 Å². The van der Waals surface area contributed by atoms with Crippen molar-refractivity contribution >= 4 is 40.4 Å². The molecule has 1 aromatic heterocycles. The lowest BCUT2D eigenvalue weighted by Crippen LogP contribution is -2.25. The Morgan fingerprint density at radius 3 is 2.39 bits per heavy atom. The number of benzene rings is 1. The van der Waals surface area contributed by atoms with E-state index in [-0.39, 0.29) is 11.9 Å². The van der Waals surface area contributed by atoms with Crippen molar-refractivity contribution in [2.75, 3.05) is 0 Å². The van der Waals surface area contributed by atoms with Crippen LogP contribution in [0.2, 0.25) is 9.36 Å². The van der Waals surface area contributed by atoms with Gasteiger partial charge >= 0.3 is 0 Å². The molecule has 0 unspecified atom stereocenters. The molecule has 0 fully saturated rings. The molecule has 0 spiro atoms. The second-order valence-corrected chi connectivity index (χ2v) is 6.00. The van der Waals surface area contributed by atoms with Crippen molar-refractivity contribution in [1.29, 1.82) is 0 Å². The van der Waals surface area contributed by atoms with Gasteiger partial charge in [0, 0.05) is 5.02 Å². The molecule has 1 aromatic carbocycles. The van der Waals surface area contributed by atoms with Gasteiger partial charge in [-0.1, -0.05) is 35.3 Å². The second-order valence-electron chi connectivity index (χ2n) is 3.85. The minimum atomic E-state index is -0.116. The zero-order valence-electron chi connectivity index (χ0n) is 9.61. The Labute approximate surface area is 120 Å². The summed E-state index contributed by atoms with van der Waals surface area (Å²) in [4.78, 5) is 12.5. The molecule has 5 heteroatoms. The Kier molecular flexibility index (Phi) is 4.27. The Morgan fingerprint density at radius 1 is 1.17 bits per heavy atom. The van der Waals surface area contributed by atoms with E-state index in [0.29, 0.717) is 14.2 Å². The number of halogens is 2. The monoisotopic (exact) mass is 299 g/mol. The number of rotatable bonds is 3. The summed E-state index contributed by atoms with van der Waals surface area (Å²) in [7, 11) is 0. The van der Waals surface area contributed by atoms with E-state index in [1.54, 1.807) is 12.1 Å². The molecular formula is C13H11Cl2NOS. The third-order valence-electron chi connectivity index (χ3n) is 2.51. The van der Waals surface area contributed by atoms with Crippen LogP contribution in [0.5, 0.6) is 0 Å². The summed E-state index contributed by atoms with van der Waals surface area (Å²) in [6.07, 6.45) is 0. The number of thiophene rings is 1. The first-order chi connectivity index (χ1) is 8.56. The quantitative estimate of drug-likeness (QED) is 0.885. The van der Waals surface area contributed by atoms with Crippen molar-refractivity contribution < 1.29 is 4.79 Å². The lowest BCUT2D eigenvalue weighted by Gasteiger charge is -2.13. The Morgan fingerprint density at radius 2 is 1.83 bits per heavy atom. The highest BCUT2D eigenvalue weighted by atomic mass is 35.5. The maximum atomic E-state index is 11.9. The molecule has 0 aliphatic heterocycles. The van der Waals surface area contributed by atoms with Gasteiger partial charge in [0.25, 0.3) is 5.91 Å². The van der Waals surface area contributed by atoms with Gasteiger partial charge in [0.1, 0.15) is 0 Å².